The summed E-state index contributed by atoms with van der Waals surface area (Å²) in [5, 5.41) is 11.8. The molecule has 0 bridgehead atoms. The van der Waals surface area contributed by atoms with E-state index in [-0.39, 0.29) is 6.04 Å². The van der Waals surface area contributed by atoms with E-state index in [1.54, 1.807) is 0 Å². The molecule has 0 aliphatic heterocycles. The van der Waals surface area contributed by atoms with Crippen LogP contribution in [0, 0.1) is 6.92 Å². The molecule has 0 aliphatic rings. The fourth-order valence-corrected chi connectivity index (χ4v) is 3.17. The molecular formula is C24H25N3. The van der Waals surface area contributed by atoms with Crippen molar-refractivity contribution in [1.82, 2.24) is 0 Å². The average Bonchev–Trinajstić information content (AvgIpc) is 2.70. The van der Waals surface area contributed by atoms with Crippen LogP contribution in [-0.2, 0) is 6.42 Å². The van der Waals surface area contributed by atoms with Crippen LogP contribution in [0.4, 0.5) is 5.69 Å². The summed E-state index contributed by atoms with van der Waals surface area (Å²) in [7, 11) is 0. The minimum absolute atomic E-state index is 0.134. The second-order valence-electron chi connectivity index (χ2n) is 6.67. The van der Waals surface area contributed by atoms with E-state index in [4.69, 9.17) is 0 Å². The fourth-order valence-electron chi connectivity index (χ4n) is 3.17. The Labute approximate surface area is 161 Å². The van der Waals surface area contributed by atoms with Crippen LogP contribution in [0.2, 0.25) is 0 Å². The van der Waals surface area contributed by atoms with E-state index in [2.05, 4.69) is 90.7 Å². The van der Waals surface area contributed by atoms with Crippen molar-refractivity contribution in [3.63, 3.8) is 0 Å². The summed E-state index contributed by atoms with van der Waals surface area (Å²) in [6, 6.07) is 27.3. The van der Waals surface area contributed by atoms with Gasteiger partial charge >= 0.3 is 0 Å². The van der Waals surface area contributed by atoms with Crippen LogP contribution in [0.25, 0.3) is 0 Å². The molecule has 0 fully saturated rings. The minimum atomic E-state index is 0.134. The Bertz CT molecular complexity index is 912. The Balaban J connectivity index is 1.89. The fraction of sp³-hybridized carbons (Fsp3) is 0.167. The molecule has 0 amide bonds. The zero-order chi connectivity index (χ0) is 19.1. The maximum atomic E-state index is 4.35. The van der Waals surface area contributed by atoms with E-state index in [1.165, 1.54) is 16.7 Å². The predicted molar refractivity (Wildman–Crippen MR) is 116 cm³/mol. The number of nitrogens with zero attached hydrogens (tertiary/aromatic N) is 2. The highest BCUT2D eigenvalue weighted by molar-refractivity contribution is 6.03. The summed E-state index contributed by atoms with van der Waals surface area (Å²) in [6.45, 7) is 7.83. The lowest BCUT2D eigenvalue weighted by Crippen LogP contribution is -2.14. The quantitative estimate of drug-likeness (QED) is 0.421. The SMILES string of the molecule is C=N/N=C(/Cc1ccccc1)c1ccccc1C(C)Nc1ccc(C)cc1. The van der Waals surface area contributed by atoms with Gasteiger partial charge in [-0.25, -0.2) is 0 Å². The van der Waals surface area contributed by atoms with Crippen LogP contribution < -0.4 is 5.32 Å². The zero-order valence-electron chi connectivity index (χ0n) is 15.9. The first-order chi connectivity index (χ1) is 13.2. The van der Waals surface area contributed by atoms with Gasteiger partial charge in [-0.2, -0.15) is 10.2 Å². The van der Waals surface area contributed by atoms with Gasteiger partial charge < -0.3 is 5.32 Å². The summed E-state index contributed by atoms with van der Waals surface area (Å²) in [5.41, 5.74) is 6.77. The number of aryl methyl sites for hydroxylation is 1. The Hall–Kier alpha value is -3.20. The molecule has 1 unspecified atom stereocenters. The molecule has 3 aromatic carbocycles. The molecule has 0 spiro atoms. The van der Waals surface area contributed by atoms with Crippen molar-refractivity contribution in [3.05, 3.63) is 101 Å². The van der Waals surface area contributed by atoms with Crippen LogP contribution in [0.5, 0.6) is 0 Å². The molecule has 0 radical (unpaired) electrons. The van der Waals surface area contributed by atoms with Crippen LogP contribution in [0.3, 0.4) is 0 Å². The smallest absolute Gasteiger partial charge is 0.0749 e. The maximum Gasteiger partial charge on any atom is 0.0749 e. The lowest BCUT2D eigenvalue weighted by atomic mass is 9.94. The minimum Gasteiger partial charge on any atom is -0.378 e. The summed E-state index contributed by atoms with van der Waals surface area (Å²) in [4.78, 5) is 0. The van der Waals surface area contributed by atoms with Crippen molar-refractivity contribution in [1.29, 1.82) is 0 Å². The molecule has 1 atom stereocenters. The standard InChI is InChI=1S/C24H25N3/c1-18-13-15-21(16-14-18)26-19(2)22-11-7-8-12-23(22)24(27-25-3)17-20-9-5-4-6-10-20/h4-16,19,26H,3,17H2,1-2H3/b27-24-. The average molecular weight is 355 g/mol. The first-order valence-corrected chi connectivity index (χ1v) is 9.16. The zero-order valence-corrected chi connectivity index (χ0v) is 15.9. The van der Waals surface area contributed by atoms with Crippen molar-refractivity contribution in [3.8, 4) is 0 Å². The highest BCUT2D eigenvalue weighted by atomic mass is 15.2. The first-order valence-electron chi connectivity index (χ1n) is 9.16. The van der Waals surface area contributed by atoms with Crippen LogP contribution >= 0.6 is 0 Å². The van der Waals surface area contributed by atoms with Gasteiger partial charge in [0.1, 0.15) is 0 Å². The topological polar surface area (TPSA) is 36.8 Å². The molecule has 3 rings (SSSR count). The van der Waals surface area contributed by atoms with Gasteiger partial charge in [0.2, 0.25) is 0 Å². The lowest BCUT2D eigenvalue weighted by molar-refractivity contribution is 0.880. The second kappa shape index (κ2) is 8.95. The van der Waals surface area contributed by atoms with Crippen molar-refractivity contribution < 1.29 is 0 Å². The number of benzene rings is 3. The largest absolute Gasteiger partial charge is 0.378 e. The number of hydrogen-bond acceptors (Lipinski definition) is 3. The normalized spacial score (nSPS) is 12.4. The molecule has 3 aromatic rings. The highest BCUT2D eigenvalue weighted by Crippen LogP contribution is 2.24. The Morgan fingerprint density at radius 1 is 0.926 bits per heavy atom. The molecule has 0 aliphatic carbocycles. The molecular weight excluding hydrogens is 330 g/mol. The van der Waals surface area contributed by atoms with Gasteiger partial charge in [-0.1, -0.05) is 72.3 Å². The van der Waals surface area contributed by atoms with Gasteiger partial charge in [0.05, 0.1) is 5.71 Å². The number of hydrogen-bond donors (Lipinski definition) is 1. The molecule has 3 nitrogen and oxygen atoms in total. The summed E-state index contributed by atoms with van der Waals surface area (Å²) in [5.74, 6) is 0. The Kier molecular flexibility index (Phi) is 6.16. The van der Waals surface area contributed by atoms with Crippen LogP contribution in [0.1, 0.15) is 35.2 Å². The summed E-state index contributed by atoms with van der Waals surface area (Å²) >= 11 is 0. The van der Waals surface area contributed by atoms with E-state index in [0.29, 0.717) is 6.42 Å². The molecule has 3 heteroatoms. The van der Waals surface area contributed by atoms with Gasteiger partial charge in [0.25, 0.3) is 0 Å². The van der Waals surface area contributed by atoms with E-state index in [9.17, 15) is 0 Å². The van der Waals surface area contributed by atoms with Crippen molar-refractivity contribution in [2.45, 2.75) is 26.3 Å². The number of nitrogens with one attached hydrogen (secondary N) is 1. The second-order valence-corrected chi connectivity index (χ2v) is 6.67. The highest BCUT2D eigenvalue weighted by Gasteiger charge is 2.15. The predicted octanol–water partition coefficient (Wildman–Crippen LogP) is 5.82. The van der Waals surface area contributed by atoms with Crippen LogP contribution in [-0.4, -0.2) is 12.4 Å². The van der Waals surface area contributed by atoms with Crippen molar-refractivity contribution >= 4 is 18.1 Å². The summed E-state index contributed by atoms with van der Waals surface area (Å²) < 4.78 is 0. The summed E-state index contributed by atoms with van der Waals surface area (Å²) in [6.07, 6.45) is 0.716. The number of rotatable bonds is 7. The lowest BCUT2D eigenvalue weighted by Gasteiger charge is -2.20. The third kappa shape index (κ3) is 4.91. The molecule has 1 N–H and O–H groups in total. The molecule has 0 saturated carbocycles. The third-order valence-corrected chi connectivity index (χ3v) is 4.58. The van der Waals surface area contributed by atoms with Gasteiger partial charge in [0.15, 0.2) is 0 Å². The van der Waals surface area contributed by atoms with Gasteiger partial charge in [-0.15, -0.1) is 0 Å². The molecule has 0 aromatic heterocycles. The maximum absolute atomic E-state index is 4.35. The van der Waals surface area contributed by atoms with Gasteiger partial charge in [0, 0.05) is 30.4 Å². The van der Waals surface area contributed by atoms with E-state index < -0.39 is 0 Å². The van der Waals surface area contributed by atoms with E-state index in [1.807, 2.05) is 24.3 Å². The third-order valence-electron chi connectivity index (χ3n) is 4.58. The van der Waals surface area contributed by atoms with Gasteiger partial charge in [-0.3, -0.25) is 0 Å². The Morgan fingerprint density at radius 2 is 1.59 bits per heavy atom. The van der Waals surface area contributed by atoms with Crippen LogP contribution in [0.15, 0.2) is 89.1 Å². The molecule has 136 valence electrons. The number of anilines is 1. The van der Waals surface area contributed by atoms with E-state index in [0.717, 1.165) is 17.0 Å². The van der Waals surface area contributed by atoms with Crippen molar-refractivity contribution in [2.24, 2.45) is 10.2 Å². The molecule has 27 heavy (non-hydrogen) atoms. The molecule has 0 heterocycles. The Morgan fingerprint density at radius 3 is 2.30 bits per heavy atom. The molecule has 0 saturated heterocycles. The van der Waals surface area contributed by atoms with Gasteiger partial charge in [-0.05, 0) is 37.1 Å². The monoisotopic (exact) mass is 355 g/mol. The first kappa shape index (κ1) is 18.6. The van der Waals surface area contributed by atoms with E-state index >= 15 is 0 Å². The van der Waals surface area contributed by atoms with Crippen molar-refractivity contribution in [2.75, 3.05) is 5.32 Å².